The molecule has 0 saturated carbocycles. The van der Waals surface area contributed by atoms with Crippen molar-refractivity contribution in [1.29, 1.82) is 0 Å². The van der Waals surface area contributed by atoms with Crippen LogP contribution in [-0.4, -0.2) is 72.3 Å². The molecule has 8 heteroatoms. The lowest BCUT2D eigenvalue weighted by molar-refractivity contribution is -0.138. The maximum Gasteiger partial charge on any atom is 0.289 e. The first-order valence-electron chi connectivity index (χ1n) is 11.6. The molecule has 2 aromatic rings. The fourth-order valence-corrected chi connectivity index (χ4v) is 4.74. The van der Waals surface area contributed by atoms with Crippen LogP contribution in [0.1, 0.15) is 48.3 Å². The van der Waals surface area contributed by atoms with E-state index in [0.29, 0.717) is 38.5 Å². The van der Waals surface area contributed by atoms with Crippen LogP contribution in [0.15, 0.2) is 47.1 Å². The maximum absolute atomic E-state index is 13.6. The van der Waals surface area contributed by atoms with Gasteiger partial charge in [0.15, 0.2) is 5.76 Å². The summed E-state index contributed by atoms with van der Waals surface area (Å²) in [7, 11) is 1.62. The lowest BCUT2D eigenvalue weighted by atomic mass is 9.91. The minimum absolute atomic E-state index is 0.0201. The number of hydrogen-bond donors (Lipinski definition) is 0. The number of benzene rings is 1. The highest BCUT2D eigenvalue weighted by atomic mass is 16.5. The molecule has 3 amide bonds. The number of rotatable bonds is 7. The van der Waals surface area contributed by atoms with E-state index < -0.39 is 5.92 Å². The van der Waals surface area contributed by atoms with Gasteiger partial charge in [0, 0.05) is 39.1 Å². The van der Waals surface area contributed by atoms with Crippen LogP contribution in [0.25, 0.3) is 0 Å². The Labute approximate surface area is 194 Å². The van der Waals surface area contributed by atoms with Crippen molar-refractivity contribution in [2.24, 2.45) is 5.92 Å². The van der Waals surface area contributed by atoms with E-state index in [0.717, 1.165) is 24.2 Å². The third-order valence-electron chi connectivity index (χ3n) is 6.57. The molecule has 0 spiro atoms. The van der Waals surface area contributed by atoms with Crippen molar-refractivity contribution >= 4 is 17.7 Å². The minimum Gasteiger partial charge on any atom is -0.497 e. The molecule has 2 atom stereocenters. The maximum atomic E-state index is 13.6. The van der Waals surface area contributed by atoms with Crippen LogP contribution in [0.4, 0.5) is 0 Å². The van der Waals surface area contributed by atoms with E-state index in [4.69, 9.17) is 9.15 Å². The fourth-order valence-electron chi connectivity index (χ4n) is 4.74. The van der Waals surface area contributed by atoms with E-state index >= 15 is 0 Å². The average Bonchev–Trinajstić information content (AvgIpc) is 3.50. The second-order valence-corrected chi connectivity index (χ2v) is 8.56. The van der Waals surface area contributed by atoms with Crippen LogP contribution < -0.4 is 4.74 Å². The van der Waals surface area contributed by atoms with Gasteiger partial charge < -0.3 is 23.9 Å². The molecule has 0 aliphatic carbocycles. The Balaban J connectivity index is 1.48. The normalized spacial score (nSPS) is 20.9. The number of piperazine rings is 1. The predicted molar refractivity (Wildman–Crippen MR) is 122 cm³/mol. The monoisotopic (exact) mass is 453 g/mol. The molecule has 2 aliphatic heterocycles. The van der Waals surface area contributed by atoms with Crippen molar-refractivity contribution in [3.63, 3.8) is 0 Å². The van der Waals surface area contributed by atoms with Gasteiger partial charge in [-0.05, 0) is 36.2 Å². The molecule has 2 aliphatic rings. The highest BCUT2D eigenvalue weighted by Gasteiger charge is 2.46. The van der Waals surface area contributed by atoms with E-state index in [-0.39, 0.29) is 30.2 Å². The molecule has 176 valence electrons. The highest BCUT2D eigenvalue weighted by molar-refractivity contribution is 5.92. The molecule has 1 aromatic carbocycles. The van der Waals surface area contributed by atoms with Crippen LogP contribution in [0.3, 0.4) is 0 Å². The van der Waals surface area contributed by atoms with Crippen molar-refractivity contribution in [2.75, 3.05) is 39.8 Å². The van der Waals surface area contributed by atoms with Gasteiger partial charge in [0.2, 0.25) is 11.8 Å². The Hall–Kier alpha value is -3.29. The fraction of sp³-hybridized carbons (Fsp3) is 0.480. The molecule has 0 bridgehead atoms. The van der Waals surface area contributed by atoms with Gasteiger partial charge in [-0.1, -0.05) is 25.5 Å². The second kappa shape index (κ2) is 10.1. The quantitative estimate of drug-likeness (QED) is 0.644. The molecule has 2 fully saturated rings. The van der Waals surface area contributed by atoms with Gasteiger partial charge in [-0.3, -0.25) is 14.4 Å². The topological polar surface area (TPSA) is 83.3 Å². The largest absolute Gasteiger partial charge is 0.497 e. The zero-order valence-corrected chi connectivity index (χ0v) is 19.2. The van der Waals surface area contributed by atoms with E-state index in [1.54, 1.807) is 29.0 Å². The number of carbonyl (C=O) groups excluding carboxylic acids is 3. The average molecular weight is 454 g/mol. The number of nitrogens with zero attached hydrogens (tertiary/aromatic N) is 3. The first kappa shape index (κ1) is 22.9. The Morgan fingerprint density at radius 2 is 1.76 bits per heavy atom. The molecule has 0 unspecified atom stereocenters. The third-order valence-corrected chi connectivity index (χ3v) is 6.57. The lowest BCUT2D eigenvalue weighted by Crippen LogP contribution is -2.52. The van der Waals surface area contributed by atoms with Gasteiger partial charge in [-0.25, -0.2) is 0 Å². The van der Waals surface area contributed by atoms with Crippen molar-refractivity contribution in [3.8, 4) is 5.75 Å². The summed E-state index contributed by atoms with van der Waals surface area (Å²) < 4.78 is 10.5. The first-order chi connectivity index (χ1) is 16.0. The van der Waals surface area contributed by atoms with Crippen LogP contribution >= 0.6 is 0 Å². The summed E-state index contributed by atoms with van der Waals surface area (Å²) in [5.41, 5.74) is 0.947. The Bertz CT molecular complexity index is 964. The van der Waals surface area contributed by atoms with Crippen molar-refractivity contribution in [1.82, 2.24) is 14.7 Å². The highest BCUT2D eigenvalue weighted by Crippen LogP contribution is 2.40. The van der Waals surface area contributed by atoms with Crippen LogP contribution in [0, 0.1) is 5.92 Å². The number of ether oxygens (including phenoxy) is 1. The number of methoxy groups -OCH3 is 1. The number of likely N-dealkylation sites (tertiary alicyclic amines) is 1. The zero-order chi connectivity index (χ0) is 23.4. The molecule has 0 N–H and O–H groups in total. The zero-order valence-electron chi connectivity index (χ0n) is 19.2. The van der Waals surface area contributed by atoms with Crippen molar-refractivity contribution in [3.05, 3.63) is 54.0 Å². The molecular formula is C25H31N3O5. The van der Waals surface area contributed by atoms with Crippen LogP contribution in [0.2, 0.25) is 0 Å². The van der Waals surface area contributed by atoms with E-state index in [2.05, 4.69) is 6.92 Å². The van der Waals surface area contributed by atoms with Crippen LogP contribution in [-0.2, 0) is 9.59 Å². The summed E-state index contributed by atoms with van der Waals surface area (Å²) in [5.74, 6) is 0.452. The van der Waals surface area contributed by atoms with Gasteiger partial charge in [0.05, 0.1) is 25.3 Å². The predicted octanol–water partition coefficient (Wildman–Crippen LogP) is 2.96. The van der Waals surface area contributed by atoms with Gasteiger partial charge in [-0.15, -0.1) is 0 Å². The van der Waals surface area contributed by atoms with Crippen LogP contribution in [0.5, 0.6) is 5.75 Å². The SMILES string of the molecule is CCCCN1C(=O)C[C@@H](C(=O)N2CCN(C(=O)c3ccco3)CC2)[C@@H]1c1ccc(OC)cc1. The van der Waals surface area contributed by atoms with E-state index in [9.17, 15) is 14.4 Å². The van der Waals surface area contributed by atoms with Crippen molar-refractivity contribution < 1.29 is 23.5 Å². The minimum atomic E-state index is -0.435. The first-order valence-corrected chi connectivity index (χ1v) is 11.6. The van der Waals surface area contributed by atoms with Gasteiger partial charge in [-0.2, -0.15) is 0 Å². The number of unbranched alkanes of at least 4 members (excludes halogenated alkanes) is 1. The summed E-state index contributed by atoms with van der Waals surface area (Å²) in [6, 6.07) is 10.7. The van der Waals surface area contributed by atoms with Gasteiger partial charge in [0.25, 0.3) is 5.91 Å². The summed E-state index contributed by atoms with van der Waals surface area (Å²) in [4.78, 5) is 44.4. The Morgan fingerprint density at radius 3 is 2.36 bits per heavy atom. The molecule has 3 heterocycles. The Morgan fingerprint density at radius 1 is 1.06 bits per heavy atom. The summed E-state index contributed by atoms with van der Waals surface area (Å²) in [6.07, 6.45) is 3.56. The Kier molecular flexibility index (Phi) is 7.01. The molecule has 2 saturated heterocycles. The summed E-state index contributed by atoms with van der Waals surface area (Å²) in [5, 5.41) is 0. The summed E-state index contributed by atoms with van der Waals surface area (Å²) >= 11 is 0. The number of carbonyl (C=O) groups is 3. The number of amides is 3. The second-order valence-electron chi connectivity index (χ2n) is 8.56. The van der Waals surface area contributed by atoms with E-state index in [1.807, 2.05) is 29.2 Å². The van der Waals surface area contributed by atoms with E-state index in [1.165, 1.54) is 6.26 Å². The third kappa shape index (κ3) is 4.74. The smallest absolute Gasteiger partial charge is 0.289 e. The van der Waals surface area contributed by atoms with Gasteiger partial charge in [0.1, 0.15) is 5.75 Å². The number of furan rings is 1. The lowest BCUT2D eigenvalue weighted by Gasteiger charge is -2.37. The molecule has 33 heavy (non-hydrogen) atoms. The van der Waals surface area contributed by atoms with Gasteiger partial charge >= 0.3 is 0 Å². The number of hydrogen-bond acceptors (Lipinski definition) is 5. The van der Waals surface area contributed by atoms with Crippen molar-refractivity contribution in [2.45, 2.75) is 32.2 Å². The molecule has 1 aromatic heterocycles. The molecule has 8 nitrogen and oxygen atoms in total. The molecular weight excluding hydrogens is 422 g/mol. The summed E-state index contributed by atoms with van der Waals surface area (Å²) in [6.45, 7) is 4.51. The molecule has 0 radical (unpaired) electrons. The standard InChI is InChI=1S/C25H31N3O5/c1-3-4-11-28-22(29)17-20(23(28)18-7-9-19(32-2)10-8-18)24(30)26-12-14-27(15-13-26)25(31)21-6-5-16-33-21/h5-10,16,20,23H,3-4,11-15,17H2,1-2H3/t20-,23+/m1/s1. The molecule has 4 rings (SSSR count).